The van der Waals surface area contributed by atoms with Gasteiger partial charge >= 0.3 is 0 Å². The summed E-state index contributed by atoms with van der Waals surface area (Å²) >= 11 is 0. The molecule has 0 aliphatic heterocycles. The molecule has 0 radical (unpaired) electrons. The predicted molar refractivity (Wildman–Crippen MR) is 75.2 cm³/mol. The van der Waals surface area contributed by atoms with E-state index in [-0.39, 0.29) is 5.91 Å². The molecule has 100 valence electrons. The van der Waals surface area contributed by atoms with E-state index in [0.29, 0.717) is 12.1 Å². The van der Waals surface area contributed by atoms with Gasteiger partial charge in [0.15, 0.2) is 0 Å². The van der Waals surface area contributed by atoms with E-state index in [9.17, 15) is 4.79 Å². The van der Waals surface area contributed by atoms with E-state index in [1.165, 1.54) is 0 Å². The van der Waals surface area contributed by atoms with E-state index < -0.39 is 0 Å². The summed E-state index contributed by atoms with van der Waals surface area (Å²) < 4.78 is 4.96. The van der Waals surface area contributed by atoms with Crippen molar-refractivity contribution in [2.24, 2.45) is 0 Å². The maximum absolute atomic E-state index is 12.0. The van der Waals surface area contributed by atoms with Gasteiger partial charge in [-0.15, -0.1) is 0 Å². The molecule has 0 bridgehead atoms. The molecule has 0 saturated carbocycles. The minimum atomic E-state index is -0.0387. The second-order valence-corrected chi connectivity index (χ2v) is 4.37. The highest BCUT2D eigenvalue weighted by atomic mass is 16.5. The van der Waals surface area contributed by atoms with Gasteiger partial charge in [-0.3, -0.25) is 9.78 Å². The molecule has 0 spiro atoms. The summed E-state index contributed by atoms with van der Waals surface area (Å²) in [6, 6.07) is 9.37. The average Bonchev–Trinajstić information content (AvgIpc) is 2.46. The maximum Gasteiger partial charge on any atom is 0.251 e. The summed E-state index contributed by atoms with van der Waals surface area (Å²) in [4.78, 5) is 16.2. The van der Waals surface area contributed by atoms with Gasteiger partial charge in [0.1, 0.15) is 0 Å². The largest absolute Gasteiger partial charge is 0.385 e. The van der Waals surface area contributed by atoms with Crippen molar-refractivity contribution >= 4 is 16.8 Å². The molecular weight excluding hydrogens is 240 g/mol. The molecule has 0 unspecified atom stereocenters. The van der Waals surface area contributed by atoms with Crippen LogP contribution in [0.2, 0.25) is 0 Å². The van der Waals surface area contributed by atoms with Gasteiger partial charge in [-0.25, -0.2) is 0 Å². The molecule has 4 nitrogen and oxygen atoms in total. The highest BCUT2D eigenvalue weighted by molar-refractivity contribution is 5.97. The third-order valence-electron chi connectivity index (χ3n) is 2.93. The Bertz CT molecular complexity index is 555. The minimum Gasteiger partial charge on any atom is -0.385 e. The van der Waals surface area contributed by atoms with Crippen molar-refractivity contribution in [3.8, 4) is 0 Å². The van der Waals surface area contributed by atoms with Crippen molar-refractivity contribution in [1.82, 2.24) is 10.3 Å². The van der Waals surface area contributed by atoms with E-state index in [0.717, 1.165) is 30.4 Å². The first-order valence-electron chi connectivity index (χ1n) is 6.43. The zero-order valence-corrected chi connectivity index (χ0v) is 11.1. The lowest BCUT2D eigenvalue weighted by atomic mass is 10.1. The lowest BCUT2D eigenvalue weighted by Crippen LogP contribution is -2.24. The molecule has 0 aliphatic rings. The number of rotatable bonds is 6. The Hall–Kier alpha value is -1.94. The van der Waals surface area contributed by atoms with Crippen molar-refractivity contribution in [1.29, 1.82) is 0 Å². The van der Waals surface area contributed by atoms with Gasteiger partial charge in [-0.2, -0.15) is 0 Å². The third kappa shape index (κ3) is 3.76. The number of hydrogen-bond donors (Lipinski definition) is 1. The van der Waals surface area contributed by atoms with Gasteiger partial charge < -0.3 is 10.1 Å². The Morgan fingerprint density at radius 2 is 2.21 bits per heavy atom. The van der Waals surface area contributed by atoms with Crippen LogP contribution in [0.15, 0.2) is 36.5 Å². The number of benzene rings is 1. The van der Waals surface area contributed by atoms with Gasteiger partial charge in [0.2, 0.25) is 0 Å². The van der Waals surface area contributed by atoms with Crippen LogP contribution < -0.4 is 5.32 Å². The molecule has 1 heterocycles. The molecule has 1 N–H and O–H groups in total. The normalized spacial score (nSPS) is 10.6. The number of carbonyl (C=O) groups is 1. The Balaban J connectivity index is 1.93. The molecule has 19 heavy (non-hydrogen) atoms. The average molecular weight is 258 g/mol. The van der Waals surface area contributed by atoms with Gasteiger partial charge in [-0.1, -0.05) is 6.07 Å². The van der Waals surface area contributed by atoms with Crippen LogP contribution in [0.1, 0.15) is 23.2 Å². The number of aromatic nitrogens is 1. The number of fused-ring (bicyclic) bond motifs is 1. The summed E-state index contributed by atoms with van der Waals surface area (Å²) in [5.74, 6) is -0.0387. The summed E-state index contributed by atoms with van der Waals surface area (Å²) in [7, 11) is 1.68. The number of amides is 1. The second-order valence-electron chi connectivity index (χ2n) is 4.37. The molecule has 0 saturated heterocycles. The van der Waals surface area contributed by atoms with E-state index in [4.69, 9.17) is 4.74 Å². The standard InChI is InChI=1S/C15H18N2O2/c1-19-10-3-2-8-17-15(18)13-6-7-14-12(11-13)5-4-9-16-14/h4-7,9,11H,2-3,8,10H2,1H3,(H,17,18). The topological polar surface area (TPSA) is 51.2 Å². The van der Waals surface area contributed by atoms with Crippen molar-refractivity contribution in [2.45, 2.75) is 12.8 Å². The van der Waals surface area contributed by atoms with Crippen LogP contribution >= 0.6 is 0 Å². The summed E-state index contributed by atoms with van der Waals surface area (Å²) in [5, 5.41) is 3.89. The molecule has 0 aliphatic carbocycles. The lowest BCUT2D eigenvalue weighted by molar-refractivity contribution is 0.0951. The van der Waals surface area contributed by atoms with Crippen LogP contribution in [-0.4, -0.2) is 31.2 Å². The van der Waals surface area contributed by atoms with Crippen LogP contribution in [0.5, 0.6) is 0 Å². The van der Waals surface area contributed by atoms with Gasteiger partial charge in [0.25, 0.3) is 5.91 Å². The van der Waals surface area contributed by atoms with E-state index in [1.807, 2.05) is 24.3 Å². The summed E-state index contributed by atoms with van der Waals surface area (Å²) in [6.07, 6.45) is 3.63. The van der Waals surface area contributed by atoms with Crippen LogP contribution in [0.25, 0.3) is 10.9 Å². The van der Waals surface area contributed by atoms with Gasteiger partial charge in [0.05, 0.1) is 5.52 Å². The molecule has 0 fully saturated rings. The third-order valence-corrected chi connectivity index (χ3v) is 2.93. The monoisotopic (exact) mass is 258 g/mol. The van der Waals surface area contributed by atoms with Crippen molar-refractivity contribution in [3.63, 3.8) is 0 Å². The van der Waals surface area contributed by atoms with Crippen LogP contribution in [0.4, 0.5) is 0 Å². The maximum atomic E-state index is 12.0. The fourth-order valence-corrected chi connectivity index (χ4v) is 1.89. The van der Waals surface area contributed by atoms with Crippen molar-refractivity contribution in [2.75, 3.05) is 20.3 Å². The number of pyridine rings is 1. The van der Waals surface area contributed by atoms with Gasteiger partial charge in [-0.05, 0) is 37.1 Å². The molecule has 0 atom stereocenters. The molecule has 2 rings (SSSR count). The molecule has 1 aromatic carbocycles. The van der Waals surface area contributed by atoms with Crippen molar-refractivity contribution in [3.05, 3.63) is 42.1 Å². The Morgan fingerprint density at radius 1 is 1.32 bits per heavy atom. The van der Waals surface area contributed by atoms with Gasteiger partial charge in [0, 0.05) is 37.4 Å². The van der Waals surface area contributed by atoms with Crippen LogP contribution in [0, 0.1) is 0 Å². The SMILES string of the molecule is COCCCCNC(=O)c1ccc2ncccc2c1. The smallest absolute Gasteiger partial charge is 0.251 e. The summed E-state index contributed by atoms with van der Waals surface area (Å²) in [6.45, 7) is 1.41. The fraction of sp³-hybridized carbons (Fsp3) is 0.333. The first-order valence-corrected chi connectivity index (χ1v) is 6.43. The van der Waals surface area contributed by atoms with Crippen LogP contribution in [0.3, 0.4) is 0 Å². The number of unbranched alkanes of at least 4 members (excludes halogenated alkanes) is 1. The number of ether oxygens (including phenoxy) is 1. The first-order chi connectivity index (χ1) is 9.31. The Labute approximate surface area is 112 Å². The number of hydrogen-bond acceptors (Lipinski definition) is 3. The molecule has 1 amide bonds. The van der Waals surface area contributed by atoms with Crippen molar-refractivity contribution < 1.29 is 9.53 Å². The number of nitrogens with zero attached hydrogens (tertiary/aromatic N) is 1. The lowest BCUT2D eigenvalue weighted by Gasteiger charge is -2.06. The fourth-order valence-electron chi connectivity index (χ4n) is 1.89. The highest BCUT2D eigenvalue weighted by Gasteiger charge is 2.05. The number of methoxy groups -OCH3 is 1. The molecule has 2 aromatic rings. The second kappa shape index (κ2) is 6.85. The number of carbonyl (C=O) groups excluding carboxylic acids is 1. The highest BCUT2D eigenvalue weighted by Crippen LogP contribution is 2.13. The number of nitrogens with one attached hydrogen (secondary N) is 1. The Morgan fingerprint density at radius 3 is 3.05 bits per heavy atom. The zero-order valence-electron chi connectivity index (χ0n) is 11.1. The quantitative estimate of drug-likeness (QED) is 0.809. The first kappa shape index (κ1) is 13.5. The molecule has 1 aromatic heterocycles. The summed E-state index contributed by atoms with van der Waals surface area (Å²) in [5.41, 5.74) is 1.58. The molecular formula is C15H18N2O2. The zero-order chi connectivity index (χ0) is 13.5. The predicted octanol–water partition coefficient (Wildman–Crippen LogP) is 2.39. The van der Waals surface area contributed by atoms with E-state index in [1.54, 1.807) is 19.4 Å². The van der Waals surface area contributed by atoms with E-state index >= 15 is 0 Å². The molecule has 4 heteroatoms. The Kier molecular flexibility index (Phi) is 4.86. The van der Waals surface area contributed by atoms with Crippen LogP contribution in [-0.2, 0) is 4.74 Å². The van der Waals surface area contributed by atoms with E-state index in [2.05, 4.69) is 10.3 Å². The minimum absolute atomic E-state index is 0.0387.